The second kappa shape index (κ2) is 6.21. The summed E-state index contributed by atoms with van der Waals surface area (Å²) in [6.07, 6.45) is 4.91. The van der Waals surface area contributed by atoms with Crippen LogP contribution >= 0.6 is 11.3 Å². The van der Waals surface area contributed by atoms with E-state index in [1.165, 1.54) is 15.3 Å². The van der Waals surface area contributed by atoms with Crippen LogP contribution in [0.3, 0.4) is 0 Å². The van der Waals surface area contributed by atoms with Crippen molar-refractivity contribution >= 4 is 11.3 Å². The van der Waals surface area contributed by atoms with E-state index in [2.05, 4.69) is 37.4 Å². The minimum absolute atomic E-state index is 0.349. The number of furan rings is 1. The van der Waals surface area contributed by atoms with Gasteiger partial charge in [-0.3, -0.25) is 0 Å². The molecule has 0 saturated heterocycles. The molecule has 98 valence electrons. The van der Waals surface area contributed by atoms with Crippen molar-refractivity contribution in [1.82, 2.24) is 5.32 Å². The van der Waals surface area contributed by atoms with Crippen LogP contribution < -0.4 is 5.32 Å². The Morgan fingerprint density at radius 1 is 1.17 bits per heavy atom. The zero-order valence-electron chi connectivity index (χ0n) is 11.3. The van der Waals surface area contributed by atoms with E-state index in [-0.39, 0.29) is 0 Å². The van der Waals surface area contributed by atoms with E-state index in [4.69, 9.17) is 4.42 Å². The van der Waals surface area contributed by atoms with Crippen LogP contribution in [0.15, 0.2) is 28.9 Å². The maximum Gasteiger partial charge on any atom is 0.108 e. The first-order valence-electron chi connectivity index (χ1n) is 6.59. The van der Waals surface area contributed by atoms with Crippen molar-refractivity contribution in [1.29, 1.82) is 0 Å². The van der Waals surface area contributed by atoms with E-state index in [1.54, 1.807) is 6.26 Å². The molecule has 18 heavy (non-hydrogen) atoms. The number of rotatable bonds is 6. The van der Waals surface area contributed by atoms with Crippen LogP contribution in [0.4, 0.5) is 0 Å². The van der Waals surface area contributed by atoms with Crippen molar-refractivity contribution in [3.8, 4) is 0 Å². The Kier molecular flexibility index (Phi) is 4.61. The lowest BCUT2D eigenvalue weighted by molar-refractivity contribution is 0.496. The summed E-state index contributed by atoms with van der Waals surface area (Å²) >= 11 is 1.92. The van der Waals surface area contributed by atoms with Crippen molar-refractivity contribution in [2.24, 2.45) is 0 Å². The van der Waals surface area contributed by atoms with E-state index in [0.717, 1.165) is 25.0 Å². The molecule has 0 saturated carbocycles. The first-order valence-corrected chi connectivity index (χ1v) is 7.41. The summed E-state index contributed by atoms with van der Waals surface area (Å²) in [6, 6.07) is 6.93. The number of likely N-dealkylation sites (N-methyl/N-ethyl adjacent to an activating group) is 1. The van der Waals surface area contributed by atoms with Gasteiger partial charge >= 0.3 is 0 Å². The highest BCUT2D eigenvalue weighted by atomic mass is 32.1. The molecule has 2 heterocycles. The van der Waals surface area contributed by atoms with Crippen molar-refractivity contribution in [2.45, 2.75) is 39.2 Å². The van der Waals surface area contributed by atoms with Crippen LogP contribution in [-0.2, 0) is 19.3 Å². The van der Waals surface area contributed by atoms with Crippen molar-refractivity contribution in [3.05, 3.63) is 45.5 Å². The highest BCUT2D eigenvalue weighted by molar-refractivity contribution is 7.11. The Morgan fingerprint density at radius 3 is 2.56 bits per heavy atom. The van der Waals surface area contributed by atoms with Crippen LogP contribution in [-0.4, -0.2) is 7.05 Å². The Hall–Kier alpha value is -1.06. The molecule has 0 spiro atoms. The first-order chi connectivity index (χ1) is 8.78. The molecule has 0 aliphatic heterocycles. The fourth-order valence-corrected chi connectivity index (χ4v) is 3.24. The molecular weight excluding hydrogens is 242 g/mol. The Morgan fingerprint density at radius 2 is 1.94 bits per heavy atom. The van der Waals surface area contributed by atoms with Gasteiger partial charge in [-0.15, -0.1) is 11.3 Å². The molecule has 0 amide bonds. The molecule has 1 unspecified atom stereocenters. The minimum Gasteiger partial charge on any atom is -0.469 e. The average molecular weight is 263 g/mol. The monoisotopic (exact) mass is 263 g/mol. The van der Waals surface area contributed by atoms with Gasteiger partial charge in [0.1, 0.15) is 5.76 Å². The van der Waals surface area contributed by atoms with E-state index in [0.29, 0.717) is 6.04 Å². The molecule has 0 fully saturated rings. The summed E-state index contributed by atoms with van der Waals surface area (Å²) in [5.41, 5.74) is 1.30. The number of nitrogens with one attached hydrogen (secondary N) is 1. The van der Waals surface area contributed by atoms with Crippen LogP contribution in [0.25, 0.3) is 0 Å². The van der Waals surface area contributed by atoms with Gasteiger partial charge in [0, 0.05) is 34.2 Å². The van der Waals surface area contributed by atoms with E-state index in [9.17, 15) is 0 Å². The standard InChI is InChI=1S/C15H21NOS/c1-4-11-6-7-12(18-11)10-14(16-3)13-8-9-17-15(13)5-2/h6-9,14,16H,4-5,10H2,1-3H3. The smallest absolute Gasteiger partial charge is 0.108 e. The third kappa shape index (κ3) is 2.85. The molecule has 0 aromatic carbocycles. The summed E-state index contributed by atoms with van der Waals surface area (Å²) in [4.78, 5) is 2.90. The fourth-order valence-electron chi connectivity index (χ4n) is 2.24. The molecule has 0 bridgehead atoms. The second-order valence-electron chi connectivity index (χ2n) is 4.42. The summed E-state index contributed by atoms with van der Waals surface area (Å²) in [5, 5.41) is 3.40. The molecule has 1 N–H and O–H groups in total. The zero-order chi connectivity index (χ0) is 13.0. The number of thiophene rings is 1. The zero-order valence-corrected chi connectivity index (χ0v) is 12.1. The highest BCUT2D eigenvalue weighted by Crippen LogP contribution is 2.26. The molecule has 2 aromatic heterocycles. The van der Waals surface area contributed by atoms with Gasteiger partial charge in [0.05, 0.1) is 6.26 Å². The lowest BCUT2D eigenvalue weighted by atomic mass is 10.0. The lowest BCUT2D eigenvalue weighted by Crippen LogP contribution is -2.19. The van der Waals surface area contributed by atoms with Gasteiger partial charge in [0.25, 0.3) is 0 Å². The normalized spacial score (nSPS) is 12.8. The largest absolute Gasteiger partial charge is 0.469 e. The molecular formula is C15H21NOS. The molecule has 2 rings (SSSR count). The van der Waals surface area contributed by atoms with Gasteiger partial charge in [-0.1, -0.05) is 13.8 Å². The van der Waals surface area contributed by atoms with Crippen molar-refractivity contribution in [3.63, 3.8) is 0 Å². The average Bonchev–Trinajstić information content (AvgIpc) is 3.04. The molecule has 3 heteroatoms. The topological polar surface area (TPSA) is 25.2 Å². The predicted molar refractivity (Wildman–Crippen MR) is 77.3 cm³/mol. The number of hydrogen-bond acceptors (Lipinski definition) is 3. The molecule has 0 aliphatic rings. The summed E-state index contributed by atoms with van der Waals surface area (Å²) in [7, 11) is 2.02. The predicted octanol–water partition coefficient (Wildman–Crippen LogP) is 3.97. The van der Waals surface area contributed by atoms with Crippen LogP contribution in [0.5, 0.6) is 0 Å². The lowest BCUT2D eigenvalue weighted by Gasteiger charge is -2.15. The quantitative estimate of drug-likeness (QED) is 0.853. The third-order valence-corrected chi connectivity index (χ3v) is 4.55. The van der Waals surface area contributed by atoms with Gasteiger partial charge in [0.15, 0.2) is 0 Å². The summed E-state index contributed by atoms with van der Waals surface area (Å²) in [6.45, 7) is 4.34. The van der Waals surface area contributed by atoms with E-state index >= 15 is 0 Å². The second-order valence-corrected chi connectivity index (χ2v) is 5.67. The maximum atomic E-state index is 5.52. The van der Waals surface area contributed by atoms with E-state index < -0.39 is 0 Å². The SMILES string of the molecule is CCc1ccc(CC(NC)c2ccoc2CC)s1. The highest BCUT2D eigenvalue weighted by Gasteiger charge is 2.16. The Labute approximate surface area is 113 Å². The van der Waals surface area contributed by atoms with Crippen molar-refractivity contribution in [2.75, 3.05) is 7.05 Å². The summed E-state index contributed by atoms with van der Waals surface area (Å²) < 4.78 is 5.52. The van der Waals surface area contributed by atoms with Gasteiger partial charge in [0.2, 0.25) is 0 Å². The minimum atomic E-state index is 0.349. The fraction of sp³-hybridized carbons (Fsp3) is 0.467. The van der Waals surface area contributed by atoms with Crippen LogP contribution in [0, 0.1) is 0 Å². The molecule has 1 atom stereocenters. The van der Waals surface area contributed by atoms with Gasteiger partial charge in [-0.05, 0) is 31.7 Å². The Balaban J connectivity index is 2.14. The van der Waals surface area contributed by atoms with Crippen LogP contribution in [0.2, 0.25) is 0 Å². The van der Waals surface area contributed by atoms with Gasteiger partial charge in [-0.25, -0.2) is 0 Å². The first kappa shape index (κ1) is 13.4. The van der Waals surface area contributed by atoms with Crippen LogP contribution in [0.1, 0.15) is 41.0 Å². The van der Waals surface area contributed by atoms with Gasteiger partial charge in [-0.2, -0.15) is 0 Å². The molecule has 2 aromatic rings. The molecule has 2 nitrogen and oxygen atoms in total. The summed E-state index contributed by atoms with van der Waals surface area (Å²) in [5.74, 6) is 1.10. The number of hydrogen-bond donors (Lipinski definition) is 1. The third-order valence-electron chi connectivity index (χ3n) is 3.30. The molecule has 0 aliphatic carbocycles. The number of aryl methyl sites for hydroxylation is 2. The van der Waals surface area contributed by atoms with Gasteiger partial charge < -0.3 is 9.73 Å². The van der Waals surface area contributed by atoms with Crippen molar-refractivity contribution < 1.29 is 4.42 Å². The van der Waals surface area contributed by atoms with E-state index in [1.807, 2.05) is 18.4 Å². The maximum absolute atomic E-state index is 5.52. The Bertz CT molecular complexity index is 486. The molecule has 0 radical (unpaired) electrons.